The number of hydrogen-bond acceptors (Lipinski definition) is 8. The third-order valence-corrected chi connectivity index (χ3v) is 8.96. The van der Waals surface area contributed by atoms with Crippen LogP contribution in [0.15, 0.2) is 0 Å². The number of Topliss-reactive ketones (excluding diaryl/α,β-unsaturated/α-hetero) is 2. The quantitative estimate of drug-likeness (QED) is 0.367. The molecule has 30 heavy (non-hydrogen) atoms. The molecule has 0 aromatic rings. The molecular formula is C22H26O8. The van der Waals surface area contributed by atoms with Gasteiger partial charge in [0.1, 0.15) is 10.8 Å². The van der Waals surface area contributed by atoms with Crippen molar-refractivity contribution in [2.75, 3.05) is 26.4 Å². The second-order valence-electron chi connectivity index (χ2n) is 10.0. The maximum Gasteiger partial charge on any atom is 0.320 e. The molecule has 2 heterocycles. The van der Waals surface area contributed by atoms with Crippen LogP contribution in [0.5, 0.6) is 0 Å². The summed E-state index contributed by atoms with van der Waals surface area (Å²) in [6.45, 7) is 0.795. The van der Waals surface area contributed by atoms with Gasteiger partial charge in [0.25, 0.3) is 0 Å². The van der Waals surface area contributed by atoms with Gasteiger partial charge in [0, 0.05) is 0 Å². The van der Waals surface area contributed by atoms with Crippen LogP contribution < -0.4 is 0 Å². The standard InChI is InChI=1S/C22H26O8/c23-17-9-29-19(25)21(17)7-11-3-13(21)5-15(11)27-1-2-28-16-6-14-4-12(16)8-22(14)18(24)10-30-20(22)26/h11-16H,1-10H2/t11-,12-,13-,14-,15?,16?,21?,22?/m0/s1. The molecule has 0 aromatic heterocycles. The molecule has 4 aliphatic carbocycles. The van der Waals surface area contributed by atoms with Gasteiger partial charge in [-0.25, -0.2) is 0 Å². The number of carbonyl (C=O) groups is 4. The Balaban J connectivity index is 0.978. The molecule has 2 aliphatic heterocycles. The zero-order valence-corrected chi connectivity index (χ0v) is 16.8. The Kier molecular flexibility index (Phi) is 4.01. The van der Waals surface area contributed by atoms with E-state index in [4.69, 9.17) is 18.9 Å². The second kappa shape index (κ2) is 6.36. The number of esters is 2. The molecule has 0 aromatic carbocycles. The smallest absolute Gasteiger partial charge is 0.320 e. The van der Waals surface area contributed by atoms with Crippen molar-refractivity contribution in [1.82, 2.24) is 0 Å². The van der Waals surface area contributed by atoms with Gasteiger partial charge in [-0.3, -0.25) is 19.2 Å². The Hall–Kier alpha value is -1.80. The van der Waals surface area contributed by atoms with Crippen molar-refractivity contribution in [1.29, 1.82) is 0 Å². The van der Waals surface area contributed by atoms with Gasteiger partial charge >= 0.3 is 11.9 Å². The molecule has 8 nitrogen and oxygen atoms in total. The maximum absolute atomic E-state index is 12.3. The fourth-order valence-corrected chi connectivity index (χ4v) is 7.56. The van der Waals surface area contributed by atoms with Gasteiger partial charge in [-0.15, -0.1) is 0 Å². The van der Waals surface area contributed by atoms with E-state index in [0.717, 1.165) is 25.7 Å². The Morgan fingerprint density at radius 3 is 1.43 bits per heavy atom. The van der Waals surface area contributed by atoms with Crippen LogP contribution in [0.3, 0.4) is 0 Å². The van der Waals surface area contributed by atoms with Crippen LogP contribution in [0.2, 0.25) is 0 Å². The van der Waals surface area contributed by atoms with Gasteiger partial charge in [0.05, 0.1) is 25.4 Å². The fourth-order valence-electron chi connectivity index (χ4n) is 7.56. The zero-order chi connectivity index (χ0) is 20.7. The average Bonchev–Trinajstić information content (AvgIpc) is 3.55. The molecule has 6 fully saturated rings. The lowest BCUT2D eigenvalue weighted by atomic mass is 9.70. The summed E-state index contributed by atoms with van der Waals surface area (Å²) in [5.74, 6) is -0.234. The first kappa shape index (κ1) is 18.9. The fraction of sp³-hybridized carbons (Fsp3) is 0.818. The van der Waals surface area contributed by atoms with Crippen LogP contribution in [-0.2, 0) is 38.1 Å². The van der Waals surface area contributed by atoms with Gasteiger partial charge in [-0.05, 0) is 62.2 Å². The number of fused-ring (bicyclic) bond motifs is 6. The first-order valence-corrected chi connectivity index (χ1v) is 11.1. The molecule has 4 bridgehead atoms. The van der Waals surface area contributed by atoms with Crippen LogP contribution in [0.4, 0.5) is 0 Å². The number of rotatable bonds is 5. The molecule has 8 heteroatoms. The van der Waals surface area contributed by atoms with E-state index in [1.807, 2.05) is 0 Å². The van der Waals surface area contributed by atoms with E-state index in [9.17, 15) is 19.2 Å². The summed E-state index contributed by atoms with van der Waals surface area (Å²) in [4.78, 5) is 48.8. The third-order valence-electron chi connectivity index (χ3n) is 8.96. The van der Waals surface area contributed by atoms with Crippen molar-refractivity contribution in [3.63, 3.8) is 0 Å². The molecule has 6 rings (SSSR count). The highest BCUT2D eigenvalue weighted by Gasteiger charge is 2.67. The van der Waals surface area contributed by atoms with Gasteiger partial charge in [-0.1, -0.05) is 0 Å². The SMILES string of the molecule is O=C1COC(=O)C12C[C@@H]1C[C@H]2CC1OCCOC1C[C@@H]2C[C@H]1CC21C(=O)COC1=O. The summed E-state index contributed by atoms with van der Waals surface area (Å²) in [6.07, 6.45) is 4.41. The Morgan fingerprint density at radius 1 is 0.700 bits per heavy atom. The molecule has 6 aliphatic rings. The number of hydrogen-bond donors (Lipinski definition) is 0. The van der Waals surface area contributed by atoms with E-state index in [2.05, 4.69) is 0 Å². The number of ether oxygens (including phenoxy) is 4. The Bertz CT molecular complexity index is 733. The summed E-state index contributed by atoms with van der Waals surface area (Å²) in [5.41, 5.74) is -1.78. The van der Waals surface area contributed by atoms with Gasteiger partial charge in [-0.2, -0.15) is 0 Å². The maximum atomic E-state index is 12.3. The van der Waals surface area contributed by atoms with E-state index < -0.39 is 10.8 Å². The zero-order valence-electron chi connectivity index (χ0n) is 16.8. The lowest BCUT2D eigenvalue weighted by molar-refractivity contribution is -0.154. The van der Waals surface area contributed by atoms with E-state index >= 15 is 0 Å². The van der Waals surface area contributed by atoms with E-state index in [0.29, 0.717) is 26.1 Å². The summed E-state index contributed by atoms with van der Waals surface area (Å²) < 4.78 is 22.2. The van der Waals surface area contributed by atoms with Crippen molar-refractivity contribution in [2.45, 2.75) is 50.7 Å². The topological polar surface area (TPSA) is 105 Å². The van der Waals surface area contributed by atoms with Crippen LogP contribution in [0, 0.1) is 34.5 Å². The summed E-state index contributed by atoms with van der Waals surface area (Å²) in [5, 5.41) is 0. The molecule has 0 N–H and O–H groups in total. The Labute approximate surface area is 173 Å². The summed E-state index contributed by atoms with van der Waals surface area (Å²) in [7, 11) is 0. The number of ketones is 2. The normalized spacial score (nSPS) is 48.5. The minimum absolute atomic E-state index is 0.0429. The molecule has 0 radical (unpaired) electrons. The minimum Gasteiger partial charge on any atom is -0.457 e. The molecular weight excluding hydrogens is 392 g/mol. The van der Waals surface area contributed by atoms with Gasteiger partial charge in [0.2, 0.25) is 0 Å². The molecule has 0 amide bonds. The van der Waals surface area contributed by atoms with Crippen molar-refractivity contribution in [2.24, 2.45) is 34.5 Å². The lowest BCUT2D eigenvalue weighted by Gasteiger charge is -2.33. The van der Waals surface area contributed by atoms with Crippen molar-refractivity contribution < 1.29 is 38.1 Å². The average molecular weight is 418 g/mol. The predicted octanol–water partition coefficient (Wildman–Crippen LogP) is 0.841. The molecule has 2 saturated heterocycles. The van der Waals surface area contributed by atoms with Crippen molar-refractivity contribution in [3.8, 4) is 0 Å². The van der Waals surface area contributed by atoms with E-state index in [-0.39, 0.29) is 72.6 Å². The highest BCUT2D eigenvalue weighted by atomic mass is 16.6. The van der Waals surface area contributed by atoms with Crippen LogP contribution in [-0.4, -0.2) is 62.1 Å². The summed E-state index contributed by atoms with van der Waals surface area (Å²) >= 11 is 0. The number of carbonyl (C=O) groups excluding carboxylic acids is 4. The largest absolute Gasteiger partial charge is 0.457 e. The van der Waals surface area contributed by atoms with Crippen LogP contribution in [0.25, 0.3) is 0 Å². The first-order chi connectivity index (χ1) is 14.4. The van der Waals surface area contributed by atoms with Crippen molar-refractivity contribution in [3.05, 3.63) is 0 Å². The second-order valence-corrected chi connectivity index (χ2v) is 10.0. The molecule has 4 unspecified atom stereocenters. The monoisotopic (exact) mass is 418 g/mol. The van der Waals surface area contributed by atoms with Crippen LogP contribution >= 0.6 is 0 Å². The Morgan fingerprint density at radius 2 is 1.13 bits per heavy atom. The van der Waals surface area contributed by atoms with Crippen LogP contribution in [0.1, 0.15) is 38.5 Å². The third kappa shape index (κ3) is 2.29. The molecule has 2 spiro atoms. The van der Waals surface area contributed by atoms with Gasteiger partial charge < -0.3 is 18.9 Å². The lowest BCUT2D eigenvalue weighted by Crippen LogP contribution is -2.43. The molecule has 4 saturated carbocycles. The molecule has 162 valence electrons. The van der Waals surface area contributed by atoms with Gasteiger partial charge in [0.15, 0.2) is 24.8 Å². The van der Waals surface area contributed by atoms with E-state index in [1.165, 1.54) is 0 Å². The minimum atomic E-state index is -0.890. The number of cyclic esters (lactones) is 2. The highest BCUT2D eigenvalue weighted by Crippen LogP contribution is 2.60. The first-order valence-electron chi connectivity index (χ1n) is 11.1. The highest BCUT2D eigenvalue weighted by molar-refractivity contribution is 6.10. The molecule has 8 atom stereocenters. The summed E-state index contributed by atoms with van der Waals surface area (Å²) in [6, 6.07) is 0. The van der Waals surface area contributed by atoms with Crippen molar-refractivity contribution >= 4 is 23.5 Å². The van der Waals surface area contributed by atoms with E-state index in [1.54, 1.807) is 0 Å². The predicted molar refractivity (Wildman–Crippen MR) is 97.9 cm³/mol.